The summed E-state index contributed by atoms with van der Waals surface area (Å²) in [5, 5.41) is 1.67. The molecule has 2 N–H and O–H groups in total. The number of hydrogen-bond donors (Lipinski definition) is 1. The molecule has 0 saturated carbocycles. The first-order chi connectivity index (χ1) is 6.88. The van der Waals surface area contributed by atoms with Crippen LogP contribution < -0.4 is 10.9 Å². The molecule has 2 nitrogen and oxygen atoms in total. The lowest BCUT2D eigenvalue weighted by Crippen LogP contribution is -2.24. The topological polar surface area (TPSA) is 29.3 Å². The van der Waals surface area contributed by atoms with Gasteiger partial charge in [0.1, 0.15) is 0 Å². The molecule has 0 fully saturated rings. The van der Waals surface area contributed by atoms with E-state index in [1.165, 1.54) is 0 Å². The van der Waals surface area contributed by atoms with E-state index in [1.54, 1.807) is 5.01 Å². The molecular formula is C12H13BrN2. The van der Waals surface area contributed by atoms with E-state index in [0.717, 1.165) is 11.4 Å². The Kier molecular flexibility index (Phi) is 4.34. The summed E-state index contributed by atoms with van der Waals surface area (Å²) in [5.74, 6) is 5.95. The third-order valence-electron chi connectivity index (χ3n) is 2.07. The quantitative estimate of drug-likeness (QED) is 0.667. The van der Waals surface area contributed by atoms with Crippen LogP contribution in [0.4, 0.5) is 11.4 Å². The lowest BCUT2D eigenvalue weighted by atomic mass is 10.2. The molecule has 0 bridgehead atoms. The fraction of sp³-hybridized carbons (Fsp3) is 0. The lowest BCUT2D eigenvalue weighted by molar-refractivity contribution is 1.09. The van der Waals surface area contributed by atoms with Crippen LogP contribution in [-0.2, 0) is 0 Å². The van der Waals surface area contributed by atoms with Crippen LogP contribution in [0.25, 0.3) is 0 Å². The molecule has 0 amide bonds. The molecule has 0 saturated heterocycles. The van der Waals surface area contributed by atoms with Crippen molar-refractivity contribution < 1.29 is 0 Å². The predicted molar refractivity (Wildman–Crippen MR) is 69.5 cm³/mol. The van der Waals surface area contributed by atoms with Gasteiger partial charge in [-0.15, -0.1) is 17.0 Å². The van der Waals surface area contributed by atoms with Gasteiger partial charge in [0.15, 0.2) is 0 Å². The highest BCUT2D eigenvalue weighted by atomic mass is 79.9. The molecule has 0 aromatic heterocycles. The van der Waals surface area contributed by atoms with Gasteiger partial charge in [0.25, 0.3) is 0 Å². The Morgan fingerprint density at radius 3 is 1.33 bits per heavy atom. The molecule has 0 heterocycles. The Hall–Kier alpha value is -1.32. The van der Waals surface area contributed by atoms with Crippen LogP contribution in [0.3, 0.4) is 0 Å². The molecule has 2 rings (SSSR count). The zero-order valence-electron chi connectivity index (χ0n) is 8.21. The van der Waals surface area contributed by atoms with Crippen molar-refractivity contribution in [2.75, 3.05) is 5.01 Å². The first kappa shape index (κ1) is 11.8. The first-order valence-electron chi connectivity index (χ1n) is 4.53. The van der Waals surface area contributed by atoms with Gasteiger partial charge in [0.2, 0.25) is 0 Å². The molecule has 0 atom stereocenters. The number of anilines is 2. The van der Waals surface area contributed by atoms with Crippen molar-refractivity contribution >= 4 is 28.4 Å². The predicted octanol–water partition coefficient (Wildman–Crippen LogP) is 3.28. The van der Waals surface area contributed by atoms with Crippen LogP contribution in [0, 0.1) is 0 Å². The number of halogens is 1. The van der Waals surface area contributed by atoms with Gasteiger partial charge in [0, 0.05) is 0 Å². The second kappa shape index (κ2) is 5.53. The Bertz CT molecular complexity index is 349. The van der Waals surface area contributed by atoms with E-state index in [1.807, 2.05) is 60.7 Å². The van der Waals surface area contributed by atoms with Crippen LogP contribution in [-0.4, -0.2) is 0 Å². The van der Waals surface area contributed by atoms with Gasteiger partial charge in [-0.2, -0.15) is 0 Å². The van der Waals surface area contributed by atoms with Crippen LogP contribution >= 0.6 is 17.0 Å². The average molecular weight is 265 g/mol. The molecule has 0 aliphatic rings. The summed E-state index contributed by atoms with van der Waals surface area (Å²) < 4.78 is 0. The smallest absolute Gasteiger partial charge is 0.0575 e. The van der Waals surface area contributed by atoms with Crippen molar-refractivity contribution in [3.63, 3.8) is 0 Å². The Balaban J connectivity index is 0.00000112. The van der Waals surface area contributed by atoms with Gasteiger partial charge >= 0.3 is 0 Å². The Morgan fingerprint density at radius 2 is 1.00 bits per heavy atom. The number of nitrogens with two attached hydrogens (primary N) is 1. The van der Waals surface area contributed by atoms with E-state index >= 15 is 0 Å². The van der Waals surface area contributed by atoms with Crippen molar-refractivity contribution in [1.29, 1.82) is 0 Å². The second-order valence-electron chi connectivity index (χ2n) is 3.04. The Morgan fingerprint density at radius 1 is 0.667 bits per heavy atom. The highest BCUT2D eigenvalue weighted by molar-refractivity contribution is 8.93. The summed E-state index contributed by atoms with van der Waals surface area (Å²) in [6, 6.07) is 19.7. The molecular weight excluding hydrogens is 252 g/mol. The molecule has 0 aliphatic carbocycles. The van der Waals surface area contributed by atoms with Crippen LogP contribution in [0.1, 0.15) is 0 Å². The van der Waals surface area contributed by atoms with Gasteiger partial charge in [-0.05, 0) is 24.3 Å². The van der Waals surface area contributed by atoms with Gasteiger partial charge in [0.05, 0.1) is 11.4 Å². The van der Waals surface area contributed by atoms with Crippen LogP contribution in [0.2, 0.25) is 0 Å². The maximum Gasteiger partial charge on any atom is 0.0575 e. The van der Waals surface area contributed by atoms with Gasteiger partial charge < -0.3 is 0 Å². The fourth-order valence-electron chi connectivity index (χ4n) is 1.33. The van der Waals surface area contributed by atoms with Crippen molar-refractivity contribution in [2.24, 2.45) is 5.84 Å². The Labute approximate surface area is 100 Å². The monoisotopic (exact) mass is 264 g/mol. The van der Waals surface area contributed by atoms with E-state index in [2.05, 4.69) is 0 Å². The molecule has 2 aromatic carbocycles. The molecule has 3 heteroatoms. The maximum absolute atomic E-state index is 5.95. The van der Waals surface area contributed by atoms with Crippen LogP contribution in [0.5, 0.6) is 0 Å². The number of para-hydroxylation sites is 2. The zero-order valence-corrected chi connectivity index (χ0v) is 9.92. The van der Waals surface area contributed by atoms with Crippen molar-refractivity contribution in [1.82, 2.24) is 0 Å². The average Bonchev–Trinajstić information content (AvgIpc) is 2.30. The normalized spacial score (nSPS) is 9.13. The number of rotatable bonds is 2. The van der Waals surface area contributed by atoms with E-state index in [4.69, 9.17) is 5.84 Å². The molecule has 0 aliphatic heterocycles. The molecule has 0 spiro atoms. The van der Waals surface area contributed by atoms with Crippen molar-refractivity contribution in [3.05, 3.63) is 60.7 Å². The van der Waals surface area contributed by atoms with Crippen LogP contribution in [0.15, 0.2) is 60.7 Å². The third-order valence-corrected chi connectivity index (χ3v) is 2.07. The second-order valence-corrected chi connectivity index (χ2v) is 3.04. The summed E-state index contributed by atoms with van der Waals surface area (Å²) in [4.78, 5) is 0. The first-order valence-corrected chi connectivity index (χ1v) is 4.53. The lowest BCUT2D eigenvalue weighted by Gasteiger charge is -2.18. The molecule has 0 radical (unpaired) electrons. The van der Waals surface area contributed by atoms with Crippen molar-refractivity contribution in [3.8, 4) is 0 Å². The van der Waals surface area contributed by atoms with E-state index < -0.39 is 0 Å². The largest absolute Gasteiger partial charge is 0.280 e. The van der Waals surface area contributed by atoms with Gasteiger partial charge in [-0.25, -0.2) is 5.84 Å². The summed E-state index contributed by atoms with van der Waals surface area (Å²) in [6.07, 6.45) is 0. The summed E-state index contributed by atoms with van der Waals surface area (Å²) >= 11 is 0. The third kappa shape index (κ3) is 2.81. The number of hydrazine groups is 1. The summed E-state index contributed by atoms with van der Waals surface area (Å²) in [6.45, 7) is 0. The molecule has 2 aromatic rings. The zero-order chi connectivity index (χ0) is 9.80. The minimum Gasteiger partial charge on any atom is -0.280 e. The number of hydrogen-bond acceptors (Lipinski definition) is 2. The fourth-order valence-corrected chi connectivity index (χ4v) is 1.33. The molecule has 78 valence electrons. The number of benzene rings is 2. The highest BCUT2D eigenvalue weighted by Crippen LogP contribution is 2.20. The standard InChI is InChI=1S/C12H12N2.BrH/c13-14(11-7-3-1-4-8-11)12-9-5-2-6-10-12;/h1-10H,13H2;1H. The SMILES string of the molecule is Br.NN(c1ccccc1)c1ccccc1. The number of nitrogens with zero attached hydrogens (tertiary/aromatic N) is 1. The molecule has 0 unspecified atom stereocenters. The van der Waals surface area contributed by atoms with E-state index in [-0.39, 0.29) is 17.0 Å². The van der Waals surface area contributed by atoms with Crippen molar-refractivity contribution in [2.45, 2.75) is 0 Å². The minimum atomic E-state index is 0. The van der Waals surface area contributed by atoms with Gasteiger partial charge in [-0.1, -0.05) is 36.4 Å². The van der Waals surface area contributed by atoms with Gasteiger partial charge in [-0.3, -0.25) is 5.01 Å². The minimum absolute atomic E-state index is 0. The highest BCUT2D eigenvalue weighted by Gasteiger charge is 2.01. The van der Waals surface area contributed by atoms with E-state index in [0.29, 0.717) is 0 Å². The summed E-state index contributed by atoms with van der Waals surface area (Å²) in [5.41, 5.74) is 1.97. The summed E-state index contributed by atoms with van der Waals surface area (Å²) in [7, 11) is 0. The maximum atomic E-state index is 5.95. The molecule has 15 heavy (non-hydrogen) atoms. The van der Waals surface area contributed by atoms with E-state index in [9.17, 15) is 0 Å².